The van der Waals surface area contributed by atoms with Gasteiger partial charge in [0.15, 0.2) is 0 Å². The van der Waals surface area contributed by atoms with Crippen molar-refractivity contribution in [2.24, 2.45) is 0 Å². The van der Waals surface area contributed by atoms with Crippen molar-refractivity contribution in [1.82, 2.24) is 19.5 Å². The van der Waals surface area contributed by atoms with E-state index >= 15 is 0 Å². The van der Waals surface area contributed by atoms with Gasteiger partial charge in [-0.05, 0) is 50.1 Å². The number of hydrogen-bond donors (Lipinski definition) is 0. The minimum atomic E-state index is -4.43. The molecule has 0 aliphatic carbocycles. The fourth-order valence-electron chi connectivity index (χ4n) is 4.48. The number of halogens is 3. The third-order valence-electron chi connectivity index (χ3n) is 6.03. The number of nitrogens with zero attached hydrogens (tertiary/aromatic N) is 5. The van der Waals surface area contributed by atoms with E-state index in [0.29, 0.717) is 29.2 Å². The summed E-state index contributed by atoms with van der Waals surface area (Å²) >= 11 is 0. The van der Waals surface area contributed by atoms with E-state index in [1.165, 1.54) is 6.07 Å². The third kappa shape index (κ3) is 4.02. The Balaban J connectivity index is 1.67. The molecule has 0 spiro atoms. The number of nitriles is 1. The van der Waals surface area contributed by atoms with Crippen molar-refractivity contribution < 1.29 is 17.9 Å². The molecule has 2 atom stereocenters. The molecule has 5 rings (SSSR count). The summed E-state index contributed by atoms with van der Waals surface area (Å²) in [7, 11) is 0. The first-order chi connectivity index (χ1) is 15.8. The van der Waals surface area contributed by atoms with Crippen LogP contribution in [0.25, 0.3) is 21.9 Å². The van der Waals surface area contributed by atoms with Crippen molar-refractivity contribution in [3.63, 3.8) is 0 Å². The molecule has 3 aromatic heterocycles. The second kappa shape index (κ2) is 8.12. The molecule has 1 aliphatic heterocycles. The molecule has 0 bridgehead atoms. The summed E-state index contributed by atoms with van der Waals surface area (Å²) < 4.78 is 46.7. The molecular weight excluding hydrogens is 431 g/mol. The highest BCUT2D eigenvalue weighted by atomic mass is 19.4. The van der Waals surface area contributed by atoms with Crippen LogP contribution in [-0.4, -0.2) is 32.2 Å². The number of imidazole rings is 1. The predicted molar refractivity (Wildman–Crippen MR) is 115 cm³/mol. The van der Waals surface area contributed by atoms with E-state index in [1.54, 1.807) is 12.3 Å². The summed E-state index contributed by atoms with van der Waals surface area (Å²) in [5.74, 6) is 0.702. The Bertz CT molecular complexity index is 1370. The zero-order chi connectivity index (χ0) is 23.2. The topological polar surface area (TPSA) is 76.6 Å². The van der Waals surface area contributed by atoms with Gasteiger partial charge in [-0.25, -0.2) is 4.98 Å². The largest absolute Gasteiger partial charge is 0.417 e. The molecule has 0 amide bonds. The van der Waals surface area contributed by atoms with Gasteiger partial charge < -0.3 is 9.30 Å². The molecule has 168 valence electrons. The van der Waals surface area contributed by atoms with Gasteiger partial charge in [0.05, 0.1) is 40.5 Å². The number of alkyl halides is 3. The first kappa shape index (κ1) is 21.3. The van der Waals surface area contributed by atoms with Crippen LogP contribution >= 0.6 is 0 Å². The van der Waals surface area contributed by atoms with E-state index in [2.05, 4.69) is 20.6 Å². The summed E-state index contributed by atoms with van der Waals surface area (Å²) in [5, 5.41) is 10.2. The number of hydrogen-bond acceptors (Lipinski definition) is 5. The number of rotatable bonds is 3. The highest BCUT2D eigenvalue weighted by Crippen LogP contribution is 2.35. The monoisotopic (exact) mass is 451 g/mol. The van der Waals surface area contributed by atoms with Crippen LogP contribution in [0.3, 0.4) is 0 Å². The van der Waals surface area contributed by atoms with Crippen LogP contribution in [0, 0.1) is 11.3 Å². The van der Waals surface area contributed by atoms with Crippen molar-refractivity contribution >= 4 is 21.9 Å². The zero-order valence-corrected chi connectivity index (χ0v) is 17.8. The SMILES string of the molecule is C[C@@H]1CC(n2c(Cc3ccc(C(F)(F)F)cn3)nc3cnc4ccc(C#N)cc4c32)CCO1. The van der Waals surface area contributed by atoms with E-state index in [-0.39, 0.29) is 18.6 Å². The first-order valence-corrected chi connectivity index (χ1v) is 10.7. The number of benzene rings is 1. The van der Waals surface area contributed by atoms with Gasteiger partial charge in [0.1, 0.15) is 11.3 Å². The van der Waals surface area contributed by atoms with Crippen LogP contribution in [0.1, 0.15) is 48.5 Å². The Kier molecular flexibility index (Phi) is 5.25. The minimum Gasteiger partial charge on any atom is -0.378 e. The fraction of sp³-hybridized carbons (Fsp3) is 0.333. The summed E-state index contributed by atoms with van der Waals surface area (Å²) in [6.45, 7) is 2.63. The standard InChI is InChI=1S/C24H20F3N5O/c1-14-8-18(6-7-33-14)32-22(10-17-4-3-16(12-29-17)24(25,26)27)31-21-13-30-20-5-2-15(11-28)9-19(20)23(21)32/h2-5,9,12-14,18H,6-8,10H2,1H3/t14-,18?/m1/s1. The molecule has 4 heterocycles. The quantitative estimate of drug-likeness (QED) is 0.428. The molecule has 0 radical (unpaired) electrons. The molecule has 0 N–H and O–H groups in total. The zero-order valence-electron chi connectivity index (χ0n) is 17.8. The summed E-state index contributed by atoms with van der Waals surface area (Å²) in [4.78, 5) is 13.3. The van der Waals surface area contributed by atoms with Gasteiger partial charge in [-0.2, -0.15) is 18.4 Å². The van der Waals surface area contributed by atoms with Crippen molar-refractivity contribution in [2.75, 3.05) is 6.61 Å². The summed E-state index contributed by atoms with van der Waals surface area (Å²) in [6, 6.07) is 10.1. The first-order valence-electron chi connectivity index (χ1n) is 10.7. The number of aromatic nitrogens is 4. The van der Waals surface area contributed by atoms with Crippen LogP contribution in [0.2, 0.25) is 0 Å². The molecule has 1 saturated heterocycles. The van der Waals surface area contributed by atoms with Crippen LogP contribution in [0.4, 0.5) is 13.2 Å². The maximum Gasteiger partial charge on any atom is 0.417 e. The van der Waals surface area contributed by atoms with Gasteiger partial charge in [0.25, 0.3) is 0 Å². The lowest BCUT2D eigenvalue weighted by Gasteiger charge is -2.30. The summed E-state index contributed by atoms with van der Waals surface area (Å²) in [5.41, 5.74) is 2.54. The van der Waals surface area contributed by atoms with E-state index in [1.807, 2.05) is 19.1 Å². The van der Waals surface area contributed by atoms with Gasteiger partial charge in [-0.15, -0.1) is 0 Å². The normalized spacial score (nSPS) is 19.1. The molecule has 6 nitrogen and oxygen atoms in total. The average Bonchev–Trinajstić information content (AvgIpc) is 3.17. The molecule has 9 heteroatoms. The number of pyridine rings is 2. The second-order valence-corrected chi connectivity index (χ2v) is 8.31. The predicted octanol–water partition coefficient (Wildman–Crippen LogP) is 5.20. The van der Waals surface area contributed by atoms with Gasteiger partial charge in [-0.3, -0.25) is 9.97 Å². The molecular formula is C24H20F3N5O. The van der Waals surface area contributed by atoms with Crippen LogP contribution < -0.4 is 0 Å². The number of ether oxygens (including phenoxy) is 1. The van der Waals surface area contributed by atoms with E-state index < -0.39 is 11.7 Å². The second-order valence-electron chi connectivity index (χ2n) is 8.31. The fourth-order valence-corrected chi connectivity index (χ4v) is 4.48. The lowest BCUT2D eigenvalue weighted by Crippen LogP contribution is -2.26. The minimum absolute atomic E-state index is 0.0704. The van der Waals surface area contributed by atoms with E-state index in [9.17, 15) is 18.4 Å². The van der Waals surface area contributed by atoms with Gasteiger partial charge in [0.2, 0.25) is 0 Å². The maximum atomic E-state index is 12.9. The lowest BCUT2D eigenvalue weighted by molar-refractivity contribution is -0.137. The van der Waals surface area contributed by atoms with Crippen molar-refractivity contribution in [3.8, 4) is 6.07 Å². The third-order valence-corrected chi connectivity index (χ3v) is 6.03. The number of fused-ring (bicyclic) bond motifs is 3. The molecule has 1 aromatic carbocycles. The molecule has 4 aromatic rings. The van der Waals surface area contributed by atoms with Gasteiger partial charge >= 0.3 is 6.18 Å². The molecule has 1 unspecified atom stereocenters. The van der Waals surface area contributed by atoms with Crippen molar-refractivity contribution in [2.45, 2.75) is 44.5 Å². The smallest absolute Gasteiger partial charge is 0.378 e. The Hall–Kier alpha value is -3.51. The summed E-state index contributed by atoms with van der Waals surface area (Å²) in [6.07, 6.45) is 0.0339. The van der Waals surface area contributed by atoms with E-state index in [4.69, 9.17) is 9.72 Å². The Labute approximate surface area is 187 Å². The highest BCUT2D eigenvalue weighted by molar-refractivity contribution is 6.02. The Morgan fingerprint density at radius 1 is 1.15 bits per heavy atom. The van der Waals surface area contributed by atoms with Crippen molar-refractivity contribution in [3.05, 3.63) is 65.4 Å². The average molecular weight is 451 g/mol. The van der Waals surface area contributed by atoms with Crippen LogP contribution in [0.5, 0.6) is 0 Å². The Morgan fingerprint density at radius 2 is 2.00 bits per heavy atom. The van der Waals surface area contributed by atoms with Gasteiger partial charge in [0, 0.05) is 36.3 Å². The van der Waals surface area contributed by atoms with E-state index in [0.717, 1.165) is 41.5 Å². The molecule has 1 aliphatic rings. The molecule has 1 fully saturated rings. The highest BCUT2D eigenvalue weighted by Gasteiger charge is 2.31. The molecule has 0 saturated carbocycles. The van der Waals surface area contributed by atoms with Crippen molar-refractivity contribution in [1.29, 1.82) is 5.26 Å². The van der Waals surface area contributed by atoms with Crippen LogP contribution in [0.15, 0.2) is 42.7 Å². The lowest BCUT2D eigenvalue weighted by atomic mass is 10.0. The Morgan fingerprint density at radius 3 is 2.70 bits per heavy atom. The molecule has 33 heavy (non-hydrogen) atoms. The maximum absolute atomic E-state index is 12.9. The van der Waals surface area contributed by atoms with Crippen LogP contribution in [-0.2, 0) is 17.3 Å². The van der Waals surface area contributed by atoms with Gasteiger partial charge in [-0.1, -0.05) is 0 Å².